The molecule has 4 heterocycles. The van der Waals surface area contributed by atoms with Crippen LogP contribution in [-0.2, 0) is 17.8 Å². The van der Waals surface area contributed by atoms with Crippen molar-refractivity contribution in [3.63, 3.8) is 0 Å². The van der Waals surface area contributed by atoms with Crippen LogP contribution in [0, 0.1) is 11.8 Å². The van der Waals surface area contributed by atoms with Crippen molar-refractivity contribution in [1.29, 1.82) is 0 Å². The summed E-state index contributed by atoms with van der Waals surface area (Å²) in [6, 6.07) is 6.01. The zero-order valence-electron chi connectivity index (χ0n) is 16.5. The number of carbonyl (C=O) groups is 1. The Morgan fingerprint density at radius 3 is 3.00 bits per heavy atom. The second kappa shape index (κ2) is 6.62. The summed E-state index contributed by atoms with van der Waals surface area (Å²) in [6.07, 6.45) is 5.36. The molecule has 1 atom stereocenters. The van der Waals surface area contributed by atoms with Crippen LogP contribution in [0.5, 0.6) is 17.4 Å². The maximum atomic E-state index is 12.0. The smallest absolute Gasteiger partial charge is 0.260 e. The molecule has 0 bridgehead atoms. The number of nitrogens with two attached hydrogens (primary N) is 1. The highest BCUT2D eigenvalue weighted by Crippen LogP contribution is 2.43. The van der Waals surface area contributed by atoms with Gasteiger partial charge in [0.05, 0.1) is 17.7 Å². The number of aromatic nitrogens is 3. The monoisotopic (exact) mass is 406 g/mol. The van der Waals surface area contributed by atoms with Gasteiger partial charge in [-0.1, -0.05) is 0 Å². The molecule has 30 heavy (non-hydrogen) atoms. The van der Waals surface area contributed by atoms with Crippen molar-refractivity contribution < 1.29 is 19.0 Å². The molecule has 2 aromatic heterocycles. The molecule has 154 valence electrons. The molecule has 2 aliphatic heterocycles. The Labute approximate surface area is 173 Å². The number of ether oxygens (including phenoxy) is 3. The summed E-state index contributed by atoms with van der Waals surface area (Å²) in [6.45, 7) is 1.59. The summed E-state index contributed by atoms with van der Waals surface area (Å²) >= 11 is 0. The average molecular weight is 406 g/mol. The van der Waals surface area contributed by atoms with E-state index in [9.17, 15) is 4.79 Å². The minimum Gasteiger partial charge on any atom is -0.491 e. The molecule has 8 nitrogen and oxygen atoms in total. The predicted molar refractivity (Wildman–Crippen MR) is 108 cm³/mol. The minimum absolute atomic E-state index is 0.129. The summed E-state index contributed by atoms with van der Waals surface area (Å²) in [5.74, 6) is 2.79. The first-order valence-electron chi connectivity index (χ1n) is 10.4. The van der Waals surface area contributed by atoms with Gasteiger partial charge in [0.25, 0.3) is 5.88 Å². The average Bonchev–Trinajstić information content (AvgIpc) is 3.40. The summed E-state index contributed by atoms with van der Waals surface area (Å²) < 4.78 is 19.4. The van der Waals surface area contributed by atoms with Crippen molar-refractivity contribution in [1.82, 2.24) is 14.5 Å². The molecule has 1 fully saturated rings. The number of rotatable bonds is 5. The van der Waals surface area contributed by atoms with E-state index in [0.29, 0.717) is 30.6 Å². The molecule has 3 aliphatic rings. The maximum absolute atomic E-state index is 12.0. The highest BCUT2D eigenvalue weighted by molar-refractivity contribution is 5.88. The zero-order chi connectivity index (χ0) is 20.2. The van der Waals surface area contributed by atoms with E-state index >= 15 is 0 Å². The van der Waals surface area contributed by atoms with Gasteiger partial charge >= 0.3 is 0 Å². The predicted octanol–water partition coefficient (Wildman–Crippen LogP) is 2.66. The van der Waals surface area contributed by atoms with E-state index < -0.39 is 0 Å². The fraction of sp³-hybridized carbons (Fsp3) is 0.409. The number of carbonyl (C=O) groups excluding carboxylic acids is 1. The topological polar surface area (TPSA) is 101 Å². The van der Waals surface area contributed by atoms with Gasteiger partial charge in [-0.15, -0.1) is 0 Å². The fourth-order valence-electron chi connectivity index (χ4n) is 4.59. The van der Waals surface area contributed by atoms with Gasteiger partial charge in [0.1, 0.15) is 17.1 Å². The van der Waals surface area contributed by atoms with Crippen molar-refractivity contribution >= 4 is 16.9 Å². The first kappa shape index (κ1) is 17.6. The third kappa shape index (κ3) is 2.78. The molecule has 8 heteroatoms. The second-order valence-corrected chi connectivity index (χ2v) is 8.20. The number of imidazole rings is 1. The van der Waals surface area contributed by atoms with Crippen molar-refractivity contribution in [2.45, 2.75) is 32.2 Å². The molecule has 6 rings (SSSR count). The summed E-state index contributed by atoms with van der Waals surface area (Å²) in [4.78, 5) is 21.1. The van der Waals surface area contributed by atoms with Gasteiger partial charge in [-0.2, -0.15) is 0 Å². The van der Waals surface area contributed by atoms with Crippen LogP contribution in [0.1, 0.15) is 24.8 Å². The normalized spacial score (nSPS) is 18.1. The van der Waals surface area contributed by atoms with Gasteiger partial charge in [-0.25, -0.2) is 9.97 Å². The molecule has 1 amide bonds. The number of amides is 1. The molecule has 0 radical (unpaired) electrons. The van der Waals surface area contributed by atoms with Gasteiger partial charge < -0.3 is 24.5 Å². The van der Waals surface area contributed by atoms with Crippen molar-refractivity contribution in [2.24, 2.45) is 17.6 Å². The van der Waals surface area contributed by atoms with Crippen LogP contribution in [0.3, 0.4) is 0 Å². The lowest BCUT2D eigenvalue weighted by Gasteiger charge is -2.13. The quantitative estimate of drug-likeness (QED) is 0.699. The highest BCUT2D eigenvalue weighted by Gasteiger charge is 2.35. The van der Waals surface area contributed by atoms with Crippen LogP contribution in [0.25, 0.3) is 22.4 Å². The van der Waals surface area contributed by atoms with Gasteiger partial charge in [0, 0.05) is 18.7 Å². The Balaban J connectivity index is 1.49. The third-order valence-corrected chi connectivity index (χ3v) is 6.17. The maximum Gasteiger partial charge on any atom is 0.260 e. The number of pyridine rings is 1. The summed E-state index contributed by atoms with van der Waals surface area (Å²) in [5, 5.41) is 0. The number of aryl methyl sites for hydroxylation is 1. The molecule has 0 saturated heterocycles. The van der Waals surface area contributed by atoms with Crippen molar-refractivity contribution in [3.05, 3.63) is 30.0 Å². The Kier molecular flexibility index (Phi) is 3.87. The Morgan fingerprint density at radius 2 is 2.17 bits per heavy atom. The van der Waals surface area contributed by atoms with Crippen LogP contribution in [-0.4, -0.2) is 33.8 Å². The van der Waals surface area contributed by atoms with E-state index in [-0.39, 0.29) is 18.6 Å². The lowest BCUT2D eigenvalue weighted by Crippen LogP contribution is -2.26. The molecule has 2 N–H and O–H groups in total. The summed E-state index contributed by atoms with van der Waals surface area (Å²) in [5.41, 5.74) is 9.39. The van der Waals surface area contributed by atoms with E-state index in [2.05, 4.69) is 15.6 Å². The molecule has 1 aliphatic carbocycles. The molecule has 1 aromatic carbocycles. The van der Waals surface area contributed by atoms with Gasteiger partial charge in [-0.3, -0.25) is 4.79 Å². The number of hydrogen-bond acceptors (Lipinski definition) is 6. The number of benzene rings is 1. The summed E-state index contributed by atoms with van der Waals surface area (Å²) in [7, 11) is 0. The van der Waals surface area contributed by atoms with Gasteiger partial charge in [0.15, 0.2) is 5.75 Å². The van der Waals surface area contributed by atoms with Crippen LogP contribution in [0.4, 0.5) is 0 Å². The number of nitrogens with zero attached hydrogens (tertiary/aromatic N) is 3. The van der Waals surface area contributed by atoms with Crippen molar-refractivity contribution in [3.8, 4) is 28.8 Å². The lowest BCUT2D eigenvalue weighted by molar-refractivity contribution is -0.122. The molecule has 0 unspecified atom stereocenters. The molecular weight excluding hydrogens is 384 g/mol. The second-order valence-electron chi connectivity index (χ2n) is 8.20. The Hall–Kier alpha value is -3.29. The van der Waals surface area contributed by atoms with Gasteiger partial charge in [0.2, 0.25) is 12.7 Å². The first-order chi connectivity index (χ1) is 14.7. The van der Waals surface area contributed by atoms with Crippen LogP contribution in [0.2, 0.25) is 0 Å². The SMILES string of the molecule is NC(=O)[C@@H](Cc1cc2c3c(c1)nc(-c1ccnc4c1OCO4)n3CCCO2)C1CC1. The zero-order valence-corrected chi connectivity index (χ0v) is 16.5. The molecule has 0 spiro atoms. The van der Waals surface area contributed by atoms with Crippen LogP contribution >= 0.6 is 0 Å². The minimum atomic E-state index is -0.222. The van der Waals surface area contributed by atoms with Crippen molar-refractivity contribution in [2.75, 3.05) is 13.4 Å². The highest BCUT2D eigenvalue weighted by atomic mass is 16.7. The number of primary amides is 1. The molecular formula is C22H22N4O4. The Morgan fingerprint density at radius 1 is 1.27 bits per heavy atom. The molecule has 1 saturated carbocycles. The van der Waals surface area contributed by atoms with Crippen LogP contribution in [0.15, 0.2) is 24.4 Å². The van der Waals surface area contributed by atoms with E-state index in [1.54, 1.807) is 6.20 Å². The number of hydrogen-bond donors (Lipinski definition) is 1. The largest absolute Gasteiger partial charge is 0.491 e. The third-order valence-electron chi connectivity index (χ3n) is 6.17. The molecule has 3 aromatic rings. The fourth-order valence-corrected chi connectivity index (χ4v) is 4.59. The standard InChI is InChI=1S/C22H22N4O4/c23-20(27)15(13-2-3-13)8-12-9-16-18-17(10-12)28-7-1-6-26(18)21(25-16)14-4-5-24-22-19(14)29-11-30-22/h4-5,9-10,13,15H,1-3,6-8,11H2,(H2,23,27)/t15-/m0/s1. The van der Waals surface area contributed by atoms with E-state index in [0.717, 1.165) is 59.5 Å². The van der Waals surface area contributed by atoms with Crippen LogP contribution < -0.4 is 19.9 Å². The Bertz CT molecular complexity index is 1170. The van der Waals surface area contributed by atoms with Gasteiger partial charge in [-0.05, 0) is 55.4 Å². The lowest BCUT2D eigenvalue weighted by atomic mass is 9.94. The first-order valence-corrected chi connectivity index (χ1v) is 10.4. The van der Waals surface area contributed by atoms with E-state index in [4.69, 9.17) is 24.9 Å². The van der Waals surface area contributed by atoms with E-state index in [1.807, 2.05) is 12.1 Å². The van der Waals surface area contributed by atoms with E-state index in [1.165, 1.54) is 0 Å². The number of fused-ring (bicyclic) bond motifs is 1.